The van der Waals surface area contributed by atoms with Gasteiger partial charge in [-0.05, 0) is 0 Å². The topological polar surface area (TPSA) is 69.2 Å². The molecule has 0 aliphatic rings. The lowest BCUT2D eigenvalue weighted by atomic mass is 10.0. The number of hydrogen-bond acceptors (Lipinski definition) is 3. The van der Waals surface area contributed by atoms with Gasteiger partial charge in [-0.1, -0.05) is 121 Å². The second kappa shape index (κ2) is 15.9. The van der Waals surface area contributed by atoms with Crippen LogP contribution in [-0.4, -0.2) is 44.5 Å². The zero-order valence-corrected chi connectivity index (χ0v) is 23.1. The fourth-order valence-corrected chi connectivity index (χ4v) is 4.22. The fourth-order valence-electron chi connectivity index (χ4n) is 4.22. The fraction of sp³-hybridized carbons (Fsp3) is 0.250. The van der Waals surface area contributed by atoms with Gasteiger partial charge in [0.2, 0.25) is 0 Å². The maximum Gasteiger partial charge on any atom is 1.00 e. The van der Waals surface area contributed by atoms with E-state index in [1.165, 1.54) is 22.3 Å². The summed E-state index contributed by atoms with van der Waals surface area (Å²) in [6.07, 6.45) is 0. The predicted molar refractivity (Wildman–Crippen MR) is 152 cm³/mol. The molecule has 0 unspecified atom stereocenters. The largest absolute Gasteiger partial charge is 1.00 e. The molecule has 0 heterocycles. The molecule has 0 aliphatic heterocycles. The van der Waals surface area contributed by atoms with E-state index in [9.17, 15) is 0 Å². The van der Waals surface area contributed by atoms with Gasteiger partial charge in [0, 0.05) is 22.3 Å². The van der Waals surface area contributed by atoms with Crippen molar-refractivity contribution in [2.75, 3.05) is 28.2 Å². The van der Waals surface area contributed by atoms with Crippen molar-refractivity contribution in [3.05, 3.63) is 144 Å². The molecule has 0 saturated carbocycles. The summed E-state index contributed by atoms with van der Waals surface area (Å²) >= 11 is 0. The van der Waals surface area contributed by atoms with E-state index >= 15 is 0 Å². The lowest BCUT2D eigenvalue weighted by molar-refractivity contribution is -0.978. The minimum atomic E-state index is -2.92. The number of hydrogen-bond donors (Lipinski definition) is 0. The van der Waals surface area contributed by atoms with E-state index in [1.54, 1.807) is 0 Å². The van der Waals surface area contributed by atoms with Gasteiger partial charge in [-0.15, -0.1) is 0 Å². The first-order valence-electron chi connectivity index (χ1n) is 12.8. The number of nitrogens with zero attached hydrogens (tertiary/aromatic N) is 2. The molecule has 0 fully saturated rings. The van der Waals surface area contributed by atoms with Crippen LogP contribution in [0.25, 0.3) is 0 Å². The van der Waals surface area contributed by atoms with Crippen molar-refractivity contribution in [1.29, 1.82) is 0 Å². The Labute approximate surface area is 230 Å². The van der Waals surface area contributed by atoms with Crippen molar-refractivity contribution in [2.24, 2.45) is 0 Å². The lowest BCUT2D eigenvalue weighted by Gasteiger charge is -2.39. The van der Waals surface area contributed by atoms with Gasteiger partial charge in [0.25, 0.3) is 0 Å². The summed E-state index contributed by atoms with van der Waals surface area (Å²) in [6, 6.07) is 43.7. The Hall–Kier alpha value is -3.26. The van der Waals surface area contributed by atoms with Crippen LogP contribution in [0.2, 0.25) is 0 Å². The highest BCUT2D eigenvalue weighted by Crippen LogP contribution is 2.27. The van der Waals surface area contributed by atoms with Gasteiger partial charge in [-0.25, -0.2) is 0 Å². The monoisotopic (exact) mass is 512 g/mol. The van der Waals surface area contributed by atoms with Gasteiger partial charge < -0.3 is 24.0 Å². The molecule has 0 radical (unpaired) electrons. The Morgan fingerprint density at radius 3 is 0.763 bits per heavy atom. The molecule has 5 nitrogen and oxygen atoms in total. The third-order valence-electron chi connectivity index (χ3n) is 5.44. The van der Waals surface area contributed by atoms with E-state index in [0.717, 1.165) is 35.1 Å². The molecule has 0 atom stereocenters. The summed E-state index contributed by atoms with van der Waals surface area (Å²) in [7, 11) is 5.58. The molecule has 0 spiro atoms. The average Bonchev–Trinajstić information content (AvgIpc) is 2.85. The Kier molecular flexibility index (Phi) is 12.9. The molecule has 4 aromatic carbocycles. The van der Waals surface area contributed by atoms with Gasteiger partial charge in [0.15, 0.2) is 0 Å². The van der Waals surface area contributed by atoms with Gasteiger partial charge >= 0.3 is 1.43 Å². The molecule has 0 N–H and O–H groups in total. The van der Waals surface area contributed by atoms with Crippen LogP contribution in [0.5, 0.6) is 0 Å². The summed E-state index contributed by atoms with van der Waals surface area (Å²) in [5.74, 6) is 0. The summed E-state index contributed by atoms with van der Waals surface area (Å²) < 4.78 is 1.96. The van der Waals surface area contributed by atoms with E-state index in [-0.39, 0.29) is 1.43 Å². The van der Waals surface area contributed by atoms with Crippen LogP contribution >= 0.6 is 0 Å². The molecule has 0 aliphatic carbocycles. The van der Waals surface area contributed by atoms with Crippen molar-refractivity contribution in [3.63, 3.8) is 0 Å². The summed E-state index contributed by atoms with van der Waals surface area (Å²) in [5, 5.41) is 25.2. The highest BCUT2D eigenvalue weighted by atomic mass is 16.5. The molecule has 0 amide bonds. The van der Waals surface area contributed by atoms with Crippen LogP contribution in [-0.2, 0) is 26.2 Å². The first-order chi connectivity index (χ1) is 18.0. The van der Waals surface area contributed by atoms with E-state index in [4.69, 9.17) is 15.1 Å². The summed E-state index contributed by atoms with van der Waals surface area (Å²) in [6.45, 7) is 4.00. The van der Waals surface area contributed by atoms with Gasteiger partial charge in [0.1, 0.15) is 26.2 Å². The van der Waals surface area contributed by atoms with Crippen LogP contribution in [0.3, 0.4) is 0 Å². The summed E-state index contributed by atoms with van der Waals surface area (Å²) in [5.41, 5.74) is 5.54. The van der Waals surface area contributed by atoms with E-state index in [2.05, 4.69) is 150 Å². The molecule has 0 aromatic heterocycles. The van der Waals surface area contributed by atoms with Gasteiger partial charge in [-0.3, -0.25) is 7.32 Å². The molecule has 38 heavy (non-hydrogen) atoms. The first-order valence-corrected chi connectivity index (χ1v) is 12.8. The van der Waals surface area contributed by atoms with E-state index in [0.29, 0.717) is 0 Å². The summed E-state index contributed by atoms with van der Waals surface area (Å²) in [4.78, 5) is 0. The first kappa shape index (κ1) is 31.0. The van der Waals surface area contributed by atoms with Crippen molar-refractivity contribution in [3.8, 4) is 0 Å². The minimum absolute atomic E-state index is 0. The molecule has 6 heteroatoms. The lowest BCUT2D eigenvalue weighted by Crippen LogP contribution is -2.56. The second-order valence-corrected chi connectivity index (χ2v) is 10.9. The van der Waals surface area contributed by atoms with Crippen molar-refractivity contribution >= 4 is 7.32 Å². The molecule has 200 valence electrons. The van der Waals surface area contributed by atoms with Crippen molar-refractivity contribution in [1.82, 2.24) is 0 Å². The third kappa shape index (κ3) is 13.9. The molecular weight excluding hydrogens is 471 g/mol. The molecular formula is C32H41BN2O3. The zero-order chi connectivity index (χ0) is 27.9. The SMILES string of the molecule is C[N+](C)(C)C.[H+].[O-]B([O-])[O-].c1ccc(C[N+](Cc2ccccc2)(Cc2ccccc2)Cc2ccccc2)cc1. The van der Waals surface area contributed by atoms with Crippen molar-refractivity contribution in [2.45, 2.75) is 26.2 Å². The number of rotatable bonds is 8. The highest BCUT2D eigenvalue weighted by Gasteiger charge is 2.29. The second-order valence-electron chi connectivity index (χ2n) is 10.9. The van der Waals surface area contributed by atoms with Crippen LogP contribution in [0.1, 0.15) is 23.7 Å². The molecule has 4 aromatic rings. The van der Waals surface area contributed by atoms with Gasteiger partial charge in [0.05, 0.1) is 28.2 Å². The van der Waals surface area contributed by atoms with Crippen LogP contribution in [0.15, 0.2) is 121 Å². The Bertz CT molecular complexity index is 963. The van der Waals surface area contributed by atoms with Crippen molar-refractivity contribution < 1.29 is 25.5 Å². The minimum Gasteiger partial charge on any atom is -0.907 e. The smallest absolute Gasteiger partial charge is 0.907 e. The average molecular weight is 513 g/mol. The van der Waals surface area contributed by atoms with E-state index < -0.39 is 7.32 Å². The standard InChI is InChI=1S/C28H28N.C4H12N.BO3/c1-5-13-25(14-6-1)21-29(22-26-15-7-2-8-16-26,23-27-17-9-3-10-18-27)24-28-19-11-4-12-20-28;1-5(2,3)4;2-1(3)4/h1-20H,21-24H2;1-4H3;/q2*+1;-3/p+1. The maximum absolute atomic E-state index is 8.42. The van der Waals surface area contributed by atoms with Gasteiger partial charge in [-0.2, -0.15) is 0 Å². The van der Waals surface area contributed by atoms with Crippen LogP contribution < -0.4 is 15.1 Å². The van der Waals surface area contributed by atoms with Crippen LogP contribution in [0.4, 0.5) is 0 Å². The Morgan fingerprint density at radius 1 is 0.447 bits per heavy atom. The Balaban J connectivity index is 0.000000664. The number of benzene rings is 4. The normalized spacial score (nSPS) is 10.9. The molecule has 0 bridgehead atoms. The van der Waals surface area contributed by atoms with Crippen LogP contribution in [0, 0.1) is 0 Å². The maximum atomic E-state index is 8.42. The number of quaternary nitrogens is 2. The quantitative estimate of drug-likeness (QED) is 0.269. The Morgan fingerprint density at radius 2 is 0.605 bits per heavy atom. The molecule has 0 saturated heterocycles. The third-order valence-corrected chi connectivity index (χ3v) is 5.44. The molecule has 4 rings (SSSR count). The highest BCUT2D eigenvalue weighted by molar-refractivity contribution is 6.24. The predicted octanol–water partition coefficient (Wildman–Crippen LogP) is 3.09. The van der Waals surface area contributed by atoms with E-state index in [1.807, 2.05) is 0 Å². The zero-order valence-electron chi connectivity index (χ0n) is 24.1.